The van der Waals surface area contributed by atoms with Crippen molar-refractivity contribution in [1.29, 1.82) is 0 Å². The van der Waals surface area contributed by atoms with Crippen LogP contribution in [0.1, 0.15) is 33.1 Å². The smallest absolute Gasteiger partial charge is 0.408 e. The fraction of sp³-hybridized carbons (Fsp3) is 0.136. The summed E-state index contributed by atoms with van der Waals surface area (Å²) in [6.45, 7) is 0.310. The number of aromatic amines is 1. The molecule has 0 saturated carbocycles. The van der Waals surface area contributed by atoms with E-state index < -0.39 is 11.7 Å². The van der Waals surface area contributed by atoms with Gasteiger partial charge in [-0.25, -0.2) is 9.78 Å². The van der Waals surface area contributed by atoms with Gasteiger partial charge in [0.15, 0.2) is 5.58 Å². The molecular formula is C22H16FN3O3. The minimum Gasteiger partial charge on any atom is -0.408 e. The summed E-state index contributed by atoms with van der Waals surface area (Å²) in [4.78, 5) is 32.5. The standard InChI is InChI=1S/C22H16FN3O3/c23-20-14(4-3-9-24-20)11-18-15-5-1-2-6-16(15)21(27)26(18)12-13-7-8-17-19(10-13)29-22(28)25-17/h1-10,18H,11-12H2,(H,25,28). The van der Waals surface area contributed by atoms with Gasteiger partial charge in [0, 0.05) is 30.3 Å². The van der Waals surface area contributed by atoms with Crippen LogP contribution in [0.3, 0.4) is 0 Å². The molecule has 0 saturated heterocycles. The molecule has 0 fully saturated rings. The molecule has 0 spiro atoms. The summed E-state index contributed by atoms with van der Waals surface area (Å²) in [7, 11) is 0. The van der Waals surface area contributed by atoms with E-state index in [1.165, 1.54) is 6.20 Å². The number of hydrogen-bond donors (Lipinski definition) is 1. The number of fused-ring (bicyclic) bond motifs is 2. The molecule has 5 rings (SSSR count). The number of halogens is 1. The molecule has 7 heteroatoms. The molecule has 0 aliphatic carbocycles. The molecular weight excluding hydrogens is 373 g/mol. The van der Waals surface area contributed by atoms with Crippen molar-refractivity contribution in [3.63, 3.8) is 0 Å². The Hall–Kier alpha value is -3.74. The molecule has 1 amide bonds. The quantitative estimate of drug-likeness (QED) is 0.541. The van der Waals surface area contributed by atoms with Crippen molar-refractivity contribution in [2.45, 2.75) is 19.0 Å². The first kappa shape index (κ1) is 17.4. The second-order valence-corrected chi connectivity index (χ2v) is 7.04. The monoisotopic (exact) mass is 389 g/mol. The highest BCUT2D eigenvalue weighted by Crippen LogP contribution is 2.37. The van der Waals surface area contributed by atoms with E-state index in [2.05, 4.69) is 9.97 Å². The molecule has 1 aliphatic rings. The van der Waals surface area contributed by atoms with Gasteiger partial charge in [-0.15, -0.1) is 0 Å². The van der Waals surface area contributed by atoms with Crippen LogP contribution >= 0.6 is 0 Å². The van der Waals surface area contributed by atoms with E-state index in [1.807, 2.05) is 24.3 Å². The number of benzene rings is 2. The topological polar surface area (TPSA) is 79.2 Å². The lowest BCUT2D eigenvalue weighted by Crippen LogP contribution is -2.29. The van der Waals surface area contributed by atoms with Crippen LogP contribution in [-0.2, 0) is 13.0 Å². The van der Waals surface area contributed by atoms with Gasteiger partial charge in [0.2, 0.25) is 5.95 Å². The second kappa shape index (κ2) is 6.70. The molecule has 0 bridgehead atoms. The van der Waals surface area contributed by atoms with Crippen molar-refractivity contribution in [1.82, 2.24) is 14.9 Å². The maximum atomic E-state index is 14.2. The first-order valence-electron chi connectivity index (χ1n) is 9.21. The lowest BCUT2D eigenvalue weighted by Gasteiger charge is -2.25. The number of pyridine rings is 1. The van der Waals surface area contributed by atoms with Gasteiger partial charge in [0.05, 0.1) is 11.6 Å². The Balaban J connectivity index is 1.53. The van der Waals surface area contributed by atoms with Crippen molar-refractivity contribution in [3.8, 4) is 0 Å². The third kappa shape index (κ3) is 3.00. The minimum absolute atomic E-state index is 0.106. The van der Waals surface area contributed by atoms with Crippen LogP contribution in [0.25, 0.3) is 11.1 Å². The van der Waals surface area contributed by atoms with E-state index in [-0.39, 0.29) is 11.9 Å². The number of H-pyrrole nitrogens is 1. The fourth-order valence-electron chi connectivity index (χ4n) is 3.91. The molecule has 29 heavy (non-hydrogen) atoms. The molecule has 6 nitrogen and oxygen atoms in total. The van der Waals surface area contributed by atoms with Crippen molar-refractivity contribution >= 4 is 17.0 Å². The highest BCUT2D eigenvalue weighted by atomic mass is 19.1. The third-order valence-electron chi connectivity index (χ3n) is 5.28. The second-order valence-electron chi connectivity index (χ2n) is 7.04. The molecule has 1 aliphatic heterocycles. The summed E-state index contributed by atoms with van der Waals surface area (Å²) < 4.78 is 19.3. The highest BCUT2D eigenvalue weighted by Gasteiger charge is 2.36. The molecule has 144 valence electrons. The van der Waals surface area contributed by atoms with Gasteiger partial charge in [-0.1, -0.05) is 30.3 Å². The Morgan fingerprint density at radius 1 is 1.10 bits per heavy atom. The predicted molar refractivity (Wildman–Crippen MR) is 104 cm³/mol. The fourth-order valence-corrected chi connectivity index (χ4v) is 3.91. The molecule has 1 atom stereocenters. The van der Waals surface area contributed by atoms with Crippen LogP contribution in [0, 0.1) is 5.95 Å². The van der Waals surface area contributed by atoms with E-state index in [0.717, 1.165) is 11.1 Å². The Kier molecular flexibility index (Phi) is 4.01. The van der Waals surface area contributed by atoms with Gasteiger partial charge in [-0.05, 0) is 35.4 Å². The normalized spacial score (nSPS) is 15.8. The van der Waals surface area contributed by atoms with E-state index in [4.69, 9.17) is 4.42 Å². The zero-order valence-electron chi connectivity index (χ0n) is 15.3. The lowest BCUT2D eigenvalue weighted by molar-refractivity contribution is 0.0708. The first-order valence-corrected chi connectivity index (χ1v) is 9.21. The van der Waals surface area contributed by atoms with Crippen LogP contribution < -0.4 is 5.76 Å². The number of oxazole rings is 1. The first-order chi connectivity index (χ1) is 14.1. The van der Waals surface area contributed by atoms with Crippen LogP contribution in [-0.4, -0.2) is 20.8 Å². The average molecular weight is 389 g/mol. The summed E-state index contributed by atoms with van der Waals surface area (Å²) >= 11 is 0. The van der Waals surface area contributed by atoms with Crippen molar-refractivity contribution in [3.05, 3.63) is 99.5 Å². The Morgan fingerprint density at radius 2 is 1.97 bits per heavy atom. The molecule has 0 radical (unpaired) electrons. The summed E-state index contributed by atoms with van der Waals surface area (Å²) in [6.07, 6.45) is 1.73. The predicted octanol–water partition coefficient (Wildman–Crippen LogP) is 3.60. The van der Waals surface area contributed by atoms with Crippen LogP contribution in [0.5, 0.6) is 0 Å². The maximum absolute atomic E-state index is 14.2. The highest BCUT2D eigenvalue weighted by molar-refractivity contribution is 5.99. The maximum Gasteiger partial charge on any atom is 0.417 e. The van der Waals surface area contributed by atoms with Crippen molar-refractivity contribution in [2.24, 2.45) is 0 Å². The summed E-state index contributed by atoms with van der Waals surface area (Å²) in [5.74, 6) is -1.16. The zero-order chi connectivity index (χ0) is 20.0. The van der Waals surface area contributed by atoms with Gasteiger partial charge >= 0.3 is 5.76 Å². The minimum atomic E-state index is -0.528. The zero-order valence-corrected chi connectivity index (χ0v) is 15.3. The number of hydrogen-bond acceptors (Lipinski definition) is 4. The number of carbonyl (C=O) groups is 1. The van der Waals surface area contributed by atoms with E-state index in [1.54, 1.807) is 35.2 Å². The van der Waals surface area contributed by atoms with E-state index in [0.29, 0.717) is 35.2 Å². The van der Waals surface area contributed by atoms with Crippen LogP contribution in [0.2, 0.25) is 0 Å². The summed E-state index contributed by atoms with van der Waals surface area (Å²) in [5, 5.41) is 0. The molecule has 1 unspecified atom stereocenters. The van der Waals surface area contributed by atoms with Crippen molar-refractivity contribution < 1.29 is 13.6 Å². The number of aromatic nitrogens is 2. The van der Waals surface area contributed by atoms with Gasteiger partial charge < -0.3 is 9.32 Å². The average Bonchev–Trinajstić information content (AvgIpc) is 3.21. The van der Waals surface area contributed by atoms with Gasteiger partial charge in [-0.3, -0.25) is 9.78 Å². The Morgan fingerprint density at radius 3 is 2.83 bits per heavy atom. The van der Waals surface area contributed by atoms with Gasteiger partial charge in [-0.2, -0.15) is 4.39 Å². The Bertz CT molecular complexity index is 1290. The largest absolute Gasteiger partial charge is 0.417 e. The molecule has 4 aromatic rings. The molecule has 1 N–H and O–H groups in total. The molecule has 2 aromatic heterocycles. The number of amides is 1. The SMILES string of the molecule is O=C1c2ccccc2C(Cc2cccnc2F)N1Cc1ccc2[nH]c(=O)oc2c1. The summed E-state index contributed by atoms with van der Waals surface area (Å²) in [6, 6.07) is 15.8. The van der Waals surface area contributed by atoms with Crippen LogP contribution in [0.15, 0.2) is 70.0 Å². The van der Waals surface area contributed by atoms with E-state index >= 15 is 0 Å². The number of rotatable bonds is 4. The third-order valence-corrected chi connectivity index (χ3v) is 5.28. The van der Waals surface area contributed by atoms with Gasteiger partial charge in [0.1, 0.15) is 0 Å². The molecule has 2 aromatic carbocycles. The van der Waals surface area contributed by atoms with Crippen molar-refractivity contribution in [2.75, 3.05) is 0 Å². The number of nitrogens with one attached hydrogen (secondary N) is 1. The number of nitrogens with zero attached hydrogens (tertiary/aromatic N) is 2. The van der Waals surface area contributed by atoms with E-state index in [9.17, 15) is 14.0 Å². The number of carbonyl (C=O) groups excluding carboxylic acids is 1. The van der Waals surface area contributed by atoms with Gasteiger partial charge in [0.25, 0.3) is 5.91 Å². The molecule has 3 heterocycles. The van der Waals surface area contributed by atoms with Crippen LogP contribution in [0.4, 0.5) is 4.39 Å². The Labute approximate surface area is 164 Å². The lowest BCUT2D eigenvalue weighted by atomic mass is 9.98. The summed E-state index contributed by atoms with van der Waals surface area (Å²) in [5.41, 5.74) is 3.80.